The summed E-state index contributed by atoms with van der Waals surface area (Å²) < 4.78 is 5.48. The number of rotatable bonds is 3. The van der Waals surface area contributed by atoms with Gasteiger partial charge in [-0.25, -0.2) is 0 Å². The minimum absolute atomic E-state index is 0.0117. The smallest absolute Gasteiger partial charge is 0.276 e. The van der Waals surface area contributed by atoms with E-state index in [2.05, 4.69) is 36.3 Å². The van der Waals surface area contributed by atoms with Gasteiger partial charge < -0.3 is 9.42 Å². The maximum absolute atomic E-state index is 12.8. The highest BCUT2D eigenvalue weighted by Crippen LogP contribution is 2.27. The molecule has 2 heterocycles. The number of nitrogens with zero attached hydrogens (tertiary/aromatic N) is 2. The van der Waals surface area contributed by atoms with Crippen LogP contribution in [-0.4, -0.2) is 28.6 Å². The van der Waals surface area contributed by atoms with Gasteiger partial charge in [0, 0.05) is 24.2 Å². The topological polar surface area (TPSA) is 46.3 Å². The largest absolute Gasteiger partial charge is 0.355 e. The zero-order valence-corrected chi connectivity index (χ0v) is 14.4. The zero-order valence-electron chi connectivity index (χ0n) is 14.4. The second kappa shape index (κ2) is 6.71. The van der Waals surface area contributed by atoms with Gasteiger partial charge in [0.15, 0.2) is 11.5 Å². The summed E-state index contributed by atoms with van der Waals surface area (Å²) in [7, 11) is 0. The van der Waals surface area contributed by atoms with Crippen molar-refractivity contribution < 1.29 is 9.32 Å². The maximum atomic E-state index is 12.8. The van der Waals surface area contributed by atoms with Gasteiger partial charge in [0.05, 0.1) is 0 Å². The number of piperidine rings is 1. The monoisotopic (exact) mass is 334 g/mol. The number of fused-ring (bicyclic) bond motifs is 1. The van der Waals surface area contributed by atoms with E-state index in [1.807, 2.05) is 23.1 Å². The molecule has 1 aliphatic rings. The summed E-state index contributed by atoms with van der Waals surface area (Å²) in [5.41, 5.74) is 1.35. The van der Waals surface area contributed by atoms with Crippen molar-refractivity contribution in [2.75, 3.05) is 6.54 Å². The van der Waals surface area contributed by atoms with Crippen LogP contribution in [0.4, 0.5) is 0 Å². The zero-order chi connectivity index (χ0) is 17.2. The average Bonchev–Trinajstić information content (AvgIpc) is 3.17. The first-order valence-electron chi connectivity index (χ1n) is 9.03. The highest BCUT2D eigenvalue weighted by atomic mass is 16.5. The Morgan fingerprint density at radius 2 is 2.00 bits per heavy atom. The lowest BCUT2D eigenvalue weighted by molar-refractivity contribution is 0.0597. The summed E-state index contributed by atoms with van der Waals surface area (Å²) in [5, 5.41) is 6.38. The molecule has 1 aromatic heterocycles. The Labute approximate surface area is 147 Å². The van der Waals surface area contributed by atoms with E-state index in [0.29, 0.717) is 17.5 Å². The van der Waals surface area contributed by atoms with Crippen molar-refractivity contribution >= 4 is 16.7 Å². The second-order valence-corrected chi connectivity index (χ2v) is 6.69. The van der Waals surface area contributed by atoms with Crippen molar-refractivity contribution in [1.82, 2.24) is 10.1 Å². The van der Waals surface area contributed by atoms with Crippen LogP contribution < -0.4 is 0 Å². The molecule has 2 aromatic carbocycles. The summed E-state index contributed by atoms with van der Waals surface area (Å²) in [6, 6.07) is 16.4. The van der Waals surface area contributed by atoms with Gasteiger partial charge in [-0.1, -0.05) is 48.5 Å². The van der Waals surface area contributed by atoms with E-state index in [9.17, 15) is 4.79 Å². The molecule has 0 bridgehead atoms. The lowest BCUT2D eigenvalue weighted by Gasteiger charge is -2.34. The third-order valence-corrected chi connectivity index (χ3v) is 5.12. The van der Waals surface area contributed by atoms with Crippen LogP contribution in [0.3, 0.4) is 0 Å². The van der Waals surface area contributed by atoms with Gasteiger partial charge in [-0.3, -0.25) is 4.79 Å². The van der Waals surface area contributed by atoms with Gasteiger partial charge in [0.25, 0.3) is 5.91 Å². The molecule has 1 unspecified atom stereocenters. The standard InChI is InChI=1S/C21H22N2O2/c1-2-18-9-5-6-12-23(18)21(24)19-14-20(25-22-19)17-11-10-15-7-3-4-8-16(15)13-17/h3-4,7-8,10-11,13-14,18H,2,5-6,9,12H2,1H3. The molecule has 1 amide bonds. The Balaban J connectivity index is 1.61. The van der Waals surface area contributed by atoms with Crippen molar-refractivity contribution in [3.05, 3.63) is 54.2 Å². The summed E-state index contributed by atoms with van der Waals surface area (Å²) in [4.78, 5) is 14.8. The number of carbonyl (C=O) groups excluding carboxylic acids is 1. The van der Waals surface area contributed by atoms with Crippen molar-refractivity contribution in [2.45, 2.75) is 38.6 Å². The molecular weight excluding hydrogens is 312 g/mol. The number of hydrogen-bond acceptors (Lipinski definition) is 3. The van der Waals surface area contributed by atoms with Crippen LogP contribution in [-0.2, 0) is 0 Å². The Hall–Kier alpha value is -2.62. The molecule has 1 fully saturated rings. The second-order valence-electron chi connectivity index (χ2n) is 6.69. The lowest BCUT2D eigenvalue weighted by atomic mass is 9.99. The van der Waals surface area contributed by atoms with E-state index in [4.69, 9.17) is 4.52 Å². The summed E-state index contributed by atoms with van der Waals surface area (Å²) in [5.74, 6) is 0.626. The SMILES string of the molecule is CCC1CCCCN1C(=O)c1cc(-c2ccc3ccccc3c2)on1. The molecule has 4 nitrogen and oxygen atoms in total. The molecule has 1 atom stereocenters. The normalized spacial score (nSPS) is 17.8. The highest BCUT2D eigenvalue weighted by molar-refractivity contribution is 5.94. The number of amides is 1. The van der Waals surface area contributed by atoms with E-state index in [1.54, 1.807) is 6.07 Å². The quantitative estimate of drug-likeness (QED) is 0.684. The number of likely N-dealkylation sites (tertiary alicyclic amines) is 1. The van der Waals surface area contributed by atoms with Crippen LogP contribution in [0.2, 0.25) is 0 Å². The van der Waals surface area contributed by atoms with Crippen molar-refractivity contribution in [1.29, 1.82) is 0 Å². The van der Waals surface area contributed by atoms with Crippen LogP contribution >= 0.6 is 0 Å². The Morgan fingerprint density at radius 1 is 1.16 bits per heavy atom. The average molecular weight is 334 g/mol. The maximum Gasteiger partial charge on any atom is 0.276 e. The van der Waals surface area contributed by atoms with E-state index < -0.39 is 0 Å². The fraction of sp³-hybridized carbons (Fsp3) is 0.333. The third-order valence-electron chi connectivity index (χ3n) is 5.12. The van der Waals surface area contributed by atoms with Gasteiger partial charge in [-0.15, -0.1) is 0 Å². The van der Waals surface area contributed by atoms with Crippen LogP contribution in [0.15, 0.2) is 53.1 Å². The minimum atomic E-state index is -0.0117. The highest BCUT2D eigenvalue weighted by Gasteiger charge is 2.28. The molecular formula is C21H22N2O2. The van der Waals surface area contributed by atoms with Crippen molar-refractivity contribution in [2.24, 2.45) is 0 Å². The Kier molecular flexibility index (Phi) is 4.26. The fourth-order valence-corrected chi connectivity index (χ4v) is 3.69. The molecule has 1 saturated heterocycles. The molecule has 0 N–H and O–H groups in total. The predicted molar refractivity (Wildman–Crippen MR) is 98.4 cm³/mol. The molecule has 3 aromatic rings. The number of hydrogen-bond donors (Lipinski definition) is 0. The van der Waals surface area contributed by atoms with E-state index in [0.717, 1.165) is 36.8 Å². The van der Waals surface area contributed by atoms with Gasteiger partial charge in [0.2, 0.25) is 0 Å². The molecule has 0 saturated carbocycles. The summed E-state index contributed by atoms with van der Waals surface area (Å²) in [6.07, 6.45) is 4.33. The van der Waals surface area contributed by atoms with E-state index >= 15 is 0 Å². The predicted octanol–water partition coefficient (Wildman–Crippen LogP) is 4.90. The number of carbonyl (C=O) groups is 1. The van der Waals surface area contributed by atoms with E-state index in [-0.39, 0.29) is 5.91 Å². The molecule has 0 radical (unpaired) electrons. The molecule has 128 valence electrons. The first-order valence-corrected chi connectivity index (χ1v) is 9.03. The van der Waals surface area contributed by atoms with Gasteiger partial charge in [-0.05, 0) is 42.5 Å². The number of benzene rings is 2. The Morgan fingerprint density at radius 3 is 2.84 bits per heavy atom. The summed E-state index contributed by atoms with van der Waals surface area (Å²) >= 11 is 0. The molecule has 0 aliphatic carbocycles. The third kappa shape index (κ3) is 3.04. The first-order chi connectivity index (χ1) is 12.3. The van der Waals surface area contributed by atoms with Gasteiger partial charge in [0.1, 0.15) is 0 Å². The molecule has 4 rings (SSSR count). The van der Waals surface area contributed by atoms with Crippen LogP contribution in [0, 0.1) is 0 Å². The minimum Gasteiger partial charge on any atom is -0.355 e. The van der Waals surface area contributed by atoms with E-state index in [1.165, 1.54) is 11.8 Å². The van der Waals surface area contributed by atoms with Gasteiger partial charge >= 0.3 is 0 Å². The van der Waals surface area contributed by atoms with Crippen molar-refractivity contribution in [3.8, 4) is 11.3 Å². The molecule has 0 spiro atoms. The van der Waals surface area contributed by atoms with Crippen LogP contribution in [0.5, 0.6) is 0 Å². The Bertz CT molecular complexity index is 900. The molecule has 25 heavy (non-hydrogen) atoms. The fourth-order valence-electron chi connectivity index (χ4n) is 3.69. The lowest BCUT2D eigenvalue weighted by Crippen LogP contribution is -2.43. The molecule has 4 heteroatoms. The van der Waals surface area contributed by atoms with Crippen molar-refractivity contribution in [3.63, 3.8) is 0 Å². The van der Waals surface area contributed by atoms with Crippen LogP contribution in [0.1, 0.15) is 43.1 Å². The molecule has 1 aliphatic heterocycles. The van der Waals surface area contributed by atoms with Gasteiger partial charge in [-0.2, -0.15) is 0 Å². The number of aromatic nitrogens is 1. The first kappa shape index (κ1) is 15.9. The summed E-state index contributed by atoms with van der Waals surface area (Å²) in [6.45, 7) is 2.95. The van der Waals surface area contributed by atoms with Crippen LogP contribution in [0.25, 0.3) is 22.1 Å².